The summed E-state index contributed by atoms with van der Waals surface area (Å²) in [6.07, 6.45) is 0. The fourth-order valence-corrected chi connectivity index (χ4v) is 1.00. The number of hydrogen-bond acceptors (Lipinski definition) is 2. The fourth-order valence-electron chi connectivity index (χ4n) is 0.645. The van der Waals surface area contributed by atoms with E-state index in [1.54, 1.807) is 24.3 Å². The van der Waals surface area contributed by atoms with E-state index < -0.39 is 5.91 Å². The smallest absolute Gasteiger partial charge is 0.263 e. The minimum Gasteiger partial charge on any atom is -0.263 e. The predicted molar refractivity (Wildman–Crippen MR) is 49.3 cm³/mol. The van der Waals surface area contributed by atoms with Crippen LogP contribution in [0, 0.1) is 8.48 Å². The summed E-state index contributed by atoms with van der Waals surface area (Å²) in [7, 11) is 0. The third-order valence-electron chi connectivity index (χ3n) is 1.17. The van der Waals surface area contributed by atoms with Gasteiger partial charge in [0.1, 0.15) is 0 Å². The van der Waals surface area contributed by atoms with Gasteiger partial charge < -0.3 is 0 Å². The molecular formula is C7H4INO2. The van der Waals surface area contributed by atoms with Crippen molar-refractivity contribution in [1.29, 1.82) is 0 Å². The summed E-state index contributed by atoms with van der Waals surface area (Å²) in [6.45, 7) is 0. The Labute approximate surface area is 76.9 Å². The van der Waals surface area contributed by atoms with E-state index in [9.17, 15) is 9.70 Å². The summed E-state index contributed by atoms with van der Waals surface area (Å²) in [5.41, 5.74) is 0.334. The van der Waals surface area contributed by atoms with Crippen molar-refractivity contribution in [3.05, 3.63) is 38.3 Å². The van der Waals surface area contributed by atoms with Crippen molar-refractivity contribution < 1.29 is 4.79 Å². The quantitative estimate of drug-likeness (QED) is 0.574. The maximum Gasteiger partial charge on any atom is 0.316 e. The topological polar surface area (TPSA) is 46.5 Å². The molecule has 0 saturated carbocycles. The Hall–Kier alpha value is -0.780. The number of benzene rings is 1. The Bertz CT molecular complexity index is 281. The molecule has 0 fully saturated rings. The SMILES string of the molecule is O=NC(=O)c1ccc(I)cc1. The van der Waals surface area contributed by atoms with Gasteiger partial charge in [-0.15, -0.1) is 4.91 Å². The number of nitroso groups, excluding NO2 is 1. The molecule has 3 nitrogen and oxygen atoms in total. The molecule has 0 aliphatic heterocycles. The molecule has 1 aromatic carbocycles. The van der Waals surface area contributed by atoms with Gasteiger partial charge in [0, 0.05) is 14.3 Å². The molecule has 1 rings (SSSR count). The lowest BCUT2D eigenvalue weighted by atomic mass is 10.2. The molecule has 0 atom stereocenters. The molecule has 4 heteroatoms. The first-order valence-corrected chi connectivity index (χ1v) is 3.95. The van der Waals surface area contributed by atoms with Crippen LogP contribution in [0.3, 0.4) is 0 Å². The second kappa shape index (κ2) is 3.56. The van der Waals surface area contributed by atoms with Crippen LogP contribution in [0.5, 0.6) is 0 Å². The Morgan fingerprint density at radius 1 is 1.27 bits per heavy atom. The van der Waals surface area contributed by atoms with Gasteiger partial charge >= 0.3 is 5.91 Å². The zero-order valence-corrected chi connectivity index (χ0v) is 7.61. The van der Waals surface area contributed by atoms with Gasteiger partial charge in [0.15, 0.2) is 0 Å². The molecule has 0 aromatic heterocycles. The molecule has 0 aliphatic carbocycles. The minimum atomic E-state index is -0.721. The Kier molecular flexibility index (Phi) is 2.70. The average molecular weight is 261 g/mol. The molecule has 0 N–H and O–H groups in total. The van der Waals surface area contributed by atoms with Crippen molar-refractivity contribution in [2.24, 2.45) is 5.18 Å². The van der Waals surface area contributed by atoms with E-state index in [1.165, 1.54) is 0 Å². The van der Waals surface area contributed by atoms with Gasteiger partial charge in [-0.3, -0.25) is 4.79 Å². The Balaban J connectivity index is 2.98. The first-order chi connectivity index (χ1) is 5.24. The van der Waals surface area contributed by atoms with E-state index in [0.29, 0.717) is 5.56 Å². The normalized spacial score (nSPS) is 9.18. The van der Waals surface area contributed by atoms with Crippen molar-refractivity contribution in [3.8, 4) is 0 Å². The number of amides is 1. The van der Waals surface area contributed by atoms with Crippen LogP contribution in [0.15, 0.2) is 29.4 Å². The largest absolute Gasteiger partial charge is 0.316 e. The van der Waals surface area contributed by atoms with Crippen LogP contribution in [0.25, 0.3) is 0 Å². The first kappa shape index (κ1) is 8.32. The third kappa shape index (κ3) is 2.07. The van der Waals surface area contributed by atoms with Gasteiger partial charge in [-0.2, -0.15) is 0 Å². The predicted octanol–water partition coefficient (Wildman–Crippen LogP) is 2.20. The lowest BCUT2D eigenvalue weighted by Crippen LogP contribution is -1.91. The summed E-state index contributed by atoms with van der Waals surface area (Å²) >= 11 is 2.11. The zero-order valence-electron chi connectivity index (χ0n) is 5.45. The highest BCUT2D eigenvalue weighted by molar-refractivity contribution is 14.1. The van der Waals surface area contributed by atoms with E-state index in [2.05, 4.69) is 27.8 Å². The van der Waals surface area contributed by atoms with Crippen LogP contribution in [0.1, 0.15) is 10.4 Å². The van der Waals surface area contributed by atoms with Crippen molar-refractivity contribution >= 4 is 28.5 Å². The molecular weight excluding hydrogens is 257 g/mol. The lowest BCUT2D eigenvalue weighted by molar-refractivity contribution is 0.100. The summed E-state index contributed by atoms with van der Waals surface area (Å²) in [5, 5.41) is 2.30. The molecule has 0 saturated heterocycles. The van der Waals surface area contributed by atoms with Gasteiger partial charge in [0.05, 0.1) is 0 Å². The number of carbonyl (C=O) groups excluding carboxylic acids is 1. The number of hydrogen-bond donors (Lipinski definition) is 0. The van der Waals surface area contributed by atoms with Gasteiger partial charge in [-0.25, -0.2) is 0 Å². The summed E-state index contributed by atoms with van der Waals surface area (Å²) in [5.74, 6) is -0.721. The molecule has 0 bridgehead atoms. The monoisotopic (exact) mass is 261 g/mol. The molecule has 0 heterocycles. The molecule has 0 aliphatic rings. The van der Waals surface area contributed by atoms with Crippen LogP contribution in [0.2, 0.25) is 0 Å². The summed E-state index contributed by atoms with van der Waals surface area (Å²) < 4.78 is 1.02. The van der Waals surface area contributed by atoms with Crippen molar-refractivity contribution in [3.63, 3.8) is 0 Å². The zero-order chi connectivity index (χ0) is 8.27. The van der Waals surface area contributed by atoms with E-state index >= 15 is 0 Å². The standard InChI is InChI=1S/C7H4INO2/c8-6-3-1-5(2-4-6)7(10)9-11/h1-4H. The number of nitrogens with zero attached hydrogens (tertiary/aromatic N) is 1. The van der Waals surface area contributed by atoms with Crippen LogP contribution in [-0.2, 0) is 0 Å². The molecule has 56 valence electrons. The molecule has 0 spiro atoms. The molecule has 11 heavy (non-hydrogen) atoms. The fraction of sp³-hybridized carbons (Fsp3) is 0. The van der Waals surface area contributed by atoms with Crippen LogP contribution >= 0.6 is 22.6 Å². The maximum atomic E-state index is 10.6. The number of halogens is 1. The summed E-state index contributed by atoms with van der Waals surface area (Å²) in [4.78, 5) is 20.4. The van der Waals surface area contributed by atoms with E-state index in [0.717, 1.165) is 3.57 Å². The molecule has 0 unspecified atom stereocenters. The highest BCUT2D eigenvalue weighted by Gasteiger charge is 2.02. The number of carbonyl (C=O) groups is 1. The van der Waals surface area contributed by atoms with Gasteiger partial charge in [0.25, 0.3) is 0 Å². The van der Waals surface area contributed by atoms with E-state index in [-0.39, 0.29) is 0 Å². The Morgan fingerprint density at radius 2 is 1.82 bits per heavy atom. The highest BCUT2D eigenvalue weighted by atomic mass is 127. The van der Waals surface area contributed by atoms with Gasteiger partial charge in [-0.05, 0) is 46.9 Å². The van der Waals surface area contributed by atoms with Gasteiger partial charge in [-0.1, -0.05) is 0 Å². The van der Waals surface area contributed by atoms with Crippen molar-refractivity contribution in [2.75, 3.05) is 0 Å². The van der Waals surface area contributed by atoms with E-state index in [4.69, 9.17) is 0 Å². The summed E-state index contributed by atoms with van der Waals surface area (Å²) in [6, 6.07) is 6.65. The second-order valence-electron chi connectivity index (χ2n) is 1.90. The van der Waals surface area contributed by atoms with Crippen molar-refractivity contribution in [2.45, 2.75) is 0 Å². The second-order valence-corrected chi connectivity index (χ2v) is 3.15. The Morgan fingerprint density at radius 3 is 2.27 bits per heavy atom. The molecule has 1 aromatic rings. The lowest BCUT2D eigenvalue weighted by Gasteiger charge is -1.91. The van der Waals surface area contributed by atoms with Crippen LogP contribution in [-0.4, -0.2) is 5.91 Å². The van der Waals surface area contributed by atoms with Crippen LogP contribution in [0.4, 0.5) is 0 Å². The molecule has 0 radical (unpaired) electrons. The van der Waals surface area contributed by atoms with Crippen molar-refractivity contribution in [1.82, 2.24) is 0 Å². The van der Waals surface area contributed by atoms with E-state index in [1.807, 2.05) is 0 Å². The third-order valence-corrected chi connectivity index (χ3v) is 1.89. The minimum absolute atomic E-state index is 0.334. The average Bonchev–Trinajstić information content (AvgIpc) is 2.05. The molecule has 1 amide bonds. The first-order valence-electron chi connectivity index (χ1n) is 2.87. The maximum absolute atomic E-state index is 10.6. The van der Waals surface area contributed by atoms with Crippen LogP contribution < -0.4 is 0 Å². The highest BCUT2D eigenvalue weighted by Crippen LogP contribution is 2.07. The van der Waals surface area contributed by atoms with Gasteiger partial charge in [0.2, 0.25) is 0 Å². The number of rotatable bonds is 1.